The van der Waals surface area contributed by atoms with E-state index in [1.165, 1.54) is 53.3 Å². The first-order valence-corrected chi connectivity index (χ1v) is 15.5. The van der Waals surface area contributed by atoms with Crippen molar-refractivity contribution in [1.82, 2.24) is 0 Å². The summed E-state index contributed by atoms with van der Waals surface area (Å²) in [7, 11) is -0.869. The van der Waals surface area contributed by atoms with E-state index in [1.54, 1.807) is 18.2 Å². The molecular weight excluding hydrogens is 662 g/mol. The van der Waals surface area contributed by atoms with Crippen molar-refractivity contribution >= 4 is 115 Å². The van der Waals surface area contributed by atoms with Gasteiger partial charge in [0.15, 0.2) is 0 Å². The summed E-state index contributed by atoms with van der Waals surface area (Å²) in [4.78, 5) is 0. The van der Waals surface area contributed by atoms with Gasteiger partial charge in [0.25, 0.3) is 0 Å². The third-order valence-electron chi connectivity index (χ3n) is 6.23. The van der Waals surface area contributed by atoms with E-state index in [4.69, 9.17) is 14.4 Å². The fourth-order valence-corrected chi connectivity index (χ4v) is 8.05. The molecular formula is C28H23B2Br2O5S2. The number of rotatable bonds is 3. The van der Waals surface area contributed by atoms with Crippen LogP contribution in [0.1, 0.15) is 12.8 Å². The van der Waals surface area contributed by atoms with Crippen LogP contribution in [0, 0.1) is 0 Å². The van der Waals surface area contributed by atoms with Gasteiger partial charge in [-0.15, -0.1) is 22.7 Å². The zero-order chi connectivity index (χ0) is 27.4. The van der Waals surface area contributed by atoms with Crippen molar-refractivity contribution in [1.29, 1.82) is 0 Å². The molecule has 0 bridgehead atoms. The molecule has 0 saturated carbocycles. The molecule has 0 spiro atoms. The molecule has 1 fully saturated rings. The summed E-state index contributed by atoms with van der Waals surface area (Å²) >= 11 is 10.4. The maximum Gasteiger partial charge on any atom is 0.569 e. The van der Waals surface area contributed by atoms with Gasteiger partial charge in [0.2, 0.25) is 0 Å². The Labute approximate surface area is 251 Å². The van der Waals surface area contributed by atoms with Crippen LogP contribution in [0.25, 0.3) is 40.3 Å². The largest absolute Gasteiger partial charge is 0.569 e. The van der Waals surface area contributed by atoms with Crippen LogP contribution in [0.2, 0.25) is 0 Å². The van der Waals surface area contributed by atoms with Crippen LogP contribution in [0.3, 0.4) is 0 Å². The lowest BCUT2D eigenvalue weighted by atomic mass is 9.80. The summed E-state index contributed by atoms with van der Waals surface area (Å²) in [6, 6.07) is 23.6. The minimum Gasteiger partial charge on any atom is -0.536 e. The van der Waals surface area contributed by atoms with E-state index in [0.29, 0.717) is 18.9 Å². The van der Waals surface area contributed by atoms with Crippen molar-refractivity contribution < 1.29 is 24.5 Å². The SMILES string of the molecule is Brc1cccc2c1sc1c(Br)cccc12.C1CCOC1.O[B]Oc1cccc2c1sc1c(B(O)O)cccc12. The average Bonchev–Trinajstić information content (AvgIpc) is 3.70. The first-order chi connectivity index (χ1) is 19.0. The minimum absolute atomic E-state index is 0.470. The van der Waals surface area contributed by atoms with E-state index in [0.717, 1.165) is 33.4 Å². The van der Waals surface area contributed by atoms with Crippen molar-refractivity contribution in [2.24, 2.45) is 0 Å². The molecule has 0 aliphatic carbocycles. The van der Waals surface area contributed by atoms with Gasteiger partial charge in [0.1, 0.15) is 5.75 Å². The molecule has 1 saturated heterocycles. The molecule has 39 heavy (non-hydrogen) atoms. The van der Waals surface area contributed by atoms with Gasteiger partial charge < -0.3 is 24.5 Å². The molecule has 1 aliphatic heterocycles. The Bertz CT molecular complexity index is 1670. The highest BCUT2D eigenvalue weighted by atomic mass is 79.9. The Balaban J connectivity index is 0.000000137. The van der Waals surface area contributed by atoms with E-state index in [-0.39, 0.29) is 0 Å². The second-order valence-corrected chi connectivity index (χ2v) is 12.5. The van der Waals surface area contributed by atoms with Crippen molar-refractivity contribution in [3.05, 3.63) is 81.7 Å². The maximum atomic E-state index is 9.40. The molecule has 1 aliphatic rings. The number of ether oxygens (including phenoxy) is 1. The monoisotopic (exact) mass is 683 g/mol. The summed E-state index contributed by atoms with van der Waals surface area (Å²) in [5.41, 5.74) is 0.470. The molecule has 6 aromatic rings. The number of thiophene rings is 2. The molecule has 3 heterocycles. The number of hydrogen-bond acceptors (Lipinski definition) is 7. The molecule has 11 heteroatoms. The van der Waals surface area contributed by atoms with Crippen LogP contribution in [-0.2, 0) is 4.74 Å². The normalized spacial score (nSPS) is 12.7. The predicted octanol–water partition coefficient (Wildman–Crippen LogP) is 7.02. The summed E-state index contributed by atoms with van der Waals surface area (Å²) in [5.74, 6) is 0.541. The van der Waals surface area contributed by atoms with Crippen LogP contribution in [0.5, 0.6) is 5.75 Å². The Morgan fingerprint density at radius 3 is 1.69 bits per heavy atom. The van der Waals surface area contributed by atoms with Crippen LogP contribution in [0.15, 0.2) is 81.7 Å². The van der Waals surface area contributed by atoms with Gasteiger partial charge in [0, 0.05) is 57.8 Å². The van der Waals surface area contributed by atoms with Crippen molar-refractivity contribution in [3.63, 3.8) is 0 Å². The average molecular weight is 685 g/mol. The van der Waals surface area contributed by atoms with E-state index in [9.17, 15) is 10.0 Å². The first-order valence-electron chi connectivity index (χ1n) is 12.3. The predicted molar refractivity (Wildman–Crippen MR) is 173 cm³/mol. The van der Waals surface area contributed by atoms with Crippen LogP contribution >= 0.6 is 54.5 Å². The van der Waals surface area contributed by atoms with E-state index in [2.05, 4.69) is 68.3 Å². The topological polar surface area (TPSA) is 79.2 Å². The second kappa shape index (κ2) is 13.1. The third-order valence-corrected chi connectivity index (χ3v) is 10.7. The third kappa shape index (κ3) is 6.21. The fraction of sp³-hybridized carbons (Fsp3) is 0.143. The molecule has 5 nitrogen and oxygen atoms in total. The molecule has 3 N–H and O–H groups in total. The van der Waals surface area contributed by atoms with Gasteiger partial charge in [-0.2, -0.15) is 0 Å². The Morgan fingerprint density at radius 2 is 1.18 bits per heavy atom. The molecule has 2 aromatic heterocycles. The van der Waals surface area contributed by atoms with Crippen LogP contribution in [0.4, 0.5) is 0 Å². The summed E-state index contributed by atoms with van der Waals surface area (Å²) < 4.78 is 16.7. The number of halogens is 2. The lowest BCUT2D eigenvalue weighted by Crippen LogP contribution is -2.29. The molecule has 4 aromatic carbocycles. The summed E-state index contributed by atoms with van der Waals surface area (Å²) in [5, 5.41) is 32.1. The highest BCUT2D eigenvalue weighted by molar-refractivity contribution is 9.11. The Hall–Kier alpha value is -1.95. The van der Waals surface area contributed by atoms with E-state index in [1.807, 2.05) is 29.5 Å². The highest BCUT2D eigenvalue weighted by Crippen LogP contribution is 2.41. The summed E-state index contributed by atoms with van der Waals surface area (Å²) in [6.45, 7) is 2.00. The molecule has 0 unspecified atom stereocenters. The first kappa shape index (κ1) is 28.6. The van der Waals surface area contributed by atoms with Gasteiger partial charge >= 0.3 is 14.8 Å². The Kier molecular flexibility index (Phi) is 9.63. The molecule has 7 rings (SSSR count). The minimum atomic E-state index is -1.51. The zero-order valence-corrected chi connectivity index (χ0v) is 25.4. The van der Waals surface area contributed by atoms with Crippen molar-refractivity contribution in [2.75, 3.05) is 13.2 Å². The van der Waals surface area contributed by atoms with E-state index >= 15 is 0 Å². The van der Waals surface area contributed by atoms with E-state index < -0.39 is 7.12 Å². The zero-order valence-electron chi connectivity index (χ0n) is 20.6. The maximum absolute atomic E-state index is 9.40. The standard InChI is InChI=1S/C12H9B2O4S.C12H6Br2S.C4H8O/c15-13-18-10-6-2-4-8-7-3-1-5-9(14(16)17)11(7)19-12(8)10;13-9-5-1-3-7-8-4-2-6-10(14)12(8)15-11(7)9;1-2-4-5-3-1/h1-6,15-17H;1-6H;1-4H2. The Morgan fingerprint density at radius 1 is 0.692 bits per heavy atom. The molecule has 0 amide bonds. The number of hydrogen-bond donors (Lipinski definition) is 3. The van der Waals surface area contributed by atoms with Gasteiger partial charge in [-0.05, 0) is 68.4 Å². The highest BCUT2D eigenvalue weighted by Gasteiger charge is 2.18. The lowest BCUT2D eigenvalue weighted by molar-refractivity contribution is 0.198. The molecule has 197 valence electrons. The van der Waals surface area contributed by atoms with Gasteiger partial charge in [-0.25, -0.2) is 0 Å². The smallest absolute Gasteiger partial charge is 0.536 e. The van der Waals surface area contributed by atoms with Gasteiger partial charge in [-0.1, -0.05) is 54.6 Å². The summed E-state index contributed by atoms with van der Waals surface area (Å²) in [6.07, 6.45) is 2.56. The second-order valence-electron chi connectivity index (χ2n) is 8.71. The van der Waals surface area contributed by atoms with Gasteiger partial charge in [-0.3, -0.25) is 0 Å². The molecule has 1 radical (unpaired) electrons. The van der Waals surface area contributed by atoms with Gasteiger partial charge in [0.05, 0.1) is 4.70 Å². The molecule has 0 atom stereocenters. The lowest BCUT2D eigenvalue weighted by Gasteiger charge is -2.01. The van der Waals surface area contributed by atoms with Crippen molar-refractivity contribution in [3.8, 4) is 5.75 Å². The van der Waals surface area contributed by atoms with Crippen LogP contribution in [-0.4, -0.2) is 43.1 Å². The number of benzene rings is 4. The number of fused-ring (bicyclic) bond motifs is 6. The van der Waals surface area contributed by atoms with Crippen molar-refractivity contribution in [2.45, 2.75) is 12.8 Å². The van der Waals surface area contributed by atoms with Crippen LogP contribution < -0.4 is 10.1 Å². The quantitative estimate of drug-likeness (QED) is 0.175. The fourth-order valence-electron chi connectivity index (χ4n) is 4.43.